The average Bonchev–Trinajstić information content (AvgIpc) is 2.61. The van der Waals surface area contributed by atoms with Crippen LogP contribution in [0.5, 0.6) is 0 Å². The van der Waals surface area contributed by atoms with Gasteiger partial charge >= 0.3 is 0 Å². The van der Waals surface area contributed by atoms with Crippen LogP contribution < -0.4 is 10.6 Å². The summed E-state index contributed by atoms with van der Waals surface area (Å²) in [7, 11) is 0. The van der Waals surface area contributed by atoms with Crippen molar-refractivity contribution in [2.45, 2.75) is 32.7 Å². The van der Waals surface area contributed by atoms with Gasteiger partial charge in [0.15, 0.2) is 0 Å². The maximum absolute atomic E-state index is 6.17. The van der Waals surface area contributed by atoms with Crippen LogP contribution in [0.15, 0.2) is 24.3 Å². The summed E-state index contributed by atoms with van der Waals surface area (Å²) in [4.78, 5) is 2.43. The quantitative estimate of drug-likeness (QED) is 0.841. The van der Waals surface area contributed by atoms with Gasteiger partial charge in [-0.1, -0.05) is 32.0 Å². The fraction of sp³-hybridized carbons (Fsp3) is 0.571. The summed E-state index contributed by atoms with van der Waals surface area (Å²) >= 11 is 0. The first-order chi connectivity index (χ1) is 7.66. The first kappa shape index (κ1) is 11.5. The Balaban J connectivity index is 1.98. The van der Waals surface area contributed by atoms with Gasteiger partial charge in [0.2, 0.25) is 0 Å². The Kier molecular flexibility index (Phi) is 3.49. The van der Waals surface area contributed by atoms with Gasteiger partial charge in [-0.2, -0.15) is 0 Å². The van der Waals surface area contributed by atoms with Gasteiger partial charge < -0.3 is 10.6 Å². The van der Waals surface area contributed by atoms with Crippen molar-refractivity contribution in [1.29, 1.82) is 0 Å². The highest BCUT2D eigenvalue weighted by Gasteiger charge is 2.20. The minimum atomic E-state index is 0.297. The maximum atomic E-state index is 6.17. The van der Waals surface area contributed by atoms with Crippen LogP contribution in [0.3, 0.4) is 0 Å². The van der Waals surface area contributed by atoms with E-state index < -0.39 is 0 Å². The molecule has 0 unspecified atom stereocenters. The van der Waals surface area contributed by atoms with Crippen LogP contribution in [0.2, 0.25) is 0 Å². The molecule has 0 spiro atoms. The van der Waals surface area contributed by atoms with E-state index in [1.807, 2.05) is 0 Å². The van der Waals surface area contributed by atoms with Gasteiger partial charge in [0, 0.05) is 24.8 Å². The van der Waals surface area contributed by atoms with Crippen LogP contribution in [0.4, 0.5) is 5.69 Å². The molecule has 0 bridgehead atoms. The van der Waals surface area contributed by atoms with Gasteiger partial charge in [-0.25, -0.2) is 0 Å². The molecule has 0 fully saturated rings. The number of nitrogens with zero attached hydrogens (tertiary/aromatic N) is 1. The van der Waals surface area contributed by atoms with Crippen molar-refractivity contribution in [1.82, 2.24) is 0 Å². The molecule has 2 heteroatoms. The van der Waals surface area contributed by atoms with E-state index in [1.165, 1.54) is 17.7 Å². The molecule has 0 amide bonds. The number of benzene rings is 1. The normalized spacial score (nSPS) is 16.6. The minimum absolute atomic E-state index is 0.297. The third-order valence-corrected chi connectivity index (χ3v) is 3.21. The topological polar surface area (TPSA) is 29.3 Å². The average molecular weight is 218 g/mol. The zero-order chi connectivity index (χ0) is 11.5. The van der Waals surface area contributed by atoms with E-state index in [4.69, 9.17) is 5.73 Å². The van der Waals surface area contributed by atoms with Gasteiger partial charge in [-0.05, 0) is 30.4 Å². The minimum Gasteiger partial charge on any atom is -0.369 e. The Morgan fingerprint density at radius 2 is 2.06 bits per heavy atom. The summed E-state index contributed by atoms with van der Waals surface area (Å²) < 4.78 is 0. The molecule has 1 aliphatic heterocycles. The molecule has 1 heterocycles. The highest BCUT2D eigenvalue weighted by molar-refractivity contribution is 5.57. The lowest BCUT2D eigenvalue weighted by molar-refractivity contribution is 0.491. The molecule has 2 rings (SSSR count). The van der Waals surface area contributed by atoms with Crippen molar-refractivity contribution in [3.63, 3.8) is 0 Å². The van der Waals surface area contributed by atoms with Gasteiger partial charge in [-0.3, -0.25) is 0 Å². The molecule has 2 nitrogen and oxygen atoms in total. The molecular weight excluding hydrogens is 196 g/mol. The van der Waals surface area contributed by atoms with Gasteiger partial charge in [0.1, 0.15) is 0 Å². The van der Waals surface area contributed by atoms with Crippen molar-refractivity contribution in [2.24, 2.45) is 11.7 Å². The van der Waals surface area contributed by atoms with Crippen LogP contribution in [0.1, 0.15) is 25.8 Å². The second-order valence-corrected chi connectivity index (χ2v) is 5.21. The van der Waals surface area contributed by atoms with E-state index >= 15 is 0 Å². The Morgan fingerprint density at radius 3 is 2.81 bits per heavy atom. The number of para-hydroxylation sites is 1. The molecule has 0 aromatic heterocycles. The molecule has 1 aliphatic rings. The van der Waals surface area contributed by atoms with E-state index in [0.717, 1.165) is 19.5 Å². The predicted octanol–water partition coefficient (Wildman–Crippen LogP) is 2.42. The molecule has 16 heavy (non-hydrogen) atoms. The zero-order valence-corrected chi connectivity index (χ0v) is 10.3. The Hall–Kier alpha value is -1.02. The van der Waals surface area contributed by atoms with Crippen molar-refractivity contribution in [3.8, 4) is 0 Å². The highest BCUT2D eigenvalue weighted by Crippen LogP contribution is 2.27. The molecule has 0 saturated heterocycles. The molecule has 1 aromatic rings. The lowest BCUT2D eigenvalue weighted by atomic mass is 10.0. The molecule has 0 aliphatic carbocycles. The van der Waals surface area contributed by atoms with Crippen molar-refractivity contribution >= 4 is 5.69 Å². The largest absolute Gasteiger partial charge is 0.369 e. The second-order valence-electron chi connectivity index (χ2n) is 5.21. The van der Waals surface area contributed by atoms with Crippen LogP contribution in [-0.4, -0.2) is 19.1 Å². The van der Waals surface area contributed by atoms with E-state index in [2.05, 4.69) is 43.0 Å². The number of rotatable bonds is 4. The van der Waals surface area contributed by atoms with E-state index in [0.29, 0.717) is 12.0 Å². The van der Waals surface area contributed by atoms with Crippen LogP contribution >= 0.6 is 0 Å². The lowest BCUT2D eigenvalue weighted by Gasteiger charge is -2.24. The van der Waals surface area contributed by atoms with Crippen molar-refractivity contribution in [3.05, 3.63) is 29.8 Å². The summed E-state index contributed by atoms with van der Waals surface area (Å²) in [6.07, 6.45) is 2.28. The fourth-order valence-corrected chi connectivity index (χ4v) is 2.56. The summed E-state index contributed by atoms with van der Waals surface area (Å²) in [5.74, 6) is 0.688. The molecule has 88 valence electrons. The standard InChI is InChI=1S/C14H22N2/c1-11(2)9-13(15)10-16-8-7-12-5-3-4-6-14(12)16/h3-6,11,13H,7-10,15H2,1-2H3/t13-/m1/s1. The third kappa shape index (κ3) is 2.56. The molecule has 0 saturated carbocycles. The van der Waals surface area contributed by atoms with E-state index in [9.17, 15) is 0 Å². The van der Waals surface area contributed by atoms with Crippen molar-refractivity contribution < 1.29 is 0 Å². The predicted molar refractivity (Wildman–Crippen MR) is 69.8 cm³/mol. The maximum Gasteiger partial charge on any atom is 0.0400 e. The molecule has 2 N–H and O–H groups in total. The number of nitrogens with two attached hydrogens (primary N) is 1. The number of fused-ring (bicyclic) bond motifs is 1. The lowest BCUT2D eigenvalue weighted by Crippen LogP contribution is -2.37. The smallest absolute Gasteiger partial charge is 0.0400 e. The van der Waals surface area contributed by atoms with Crippen molar-refractivity contribution in [2.75, 3.05) is 18.0 Å². The zero-order valence-electron chi connectivity index (χ0n) is 10.3. The van der Waals surface area contributed by atoms with Gasteiger partial charge in [-0.15, -0.1) is 0 Å². The third-order valence-electron chi connectivity index (χ3n) is 3.21. The monoisotopic (exact) mass is 218 g/mol. The van der Waals surface area contributed by atoms with Crippen LogP contribution in [-0.2, 0) is 6.42 Å². The van der Waals surface area contributed by atoms with E-state index in [1.54, 1.807) is 0 Å². The summed E-state index contributed by atoms with van der Waals surface area (Å²) in [5, 5.41) is 0. The molecule has 1 aromatic carbocycles. The molecular formula is C14H22N2. The number of hydrogen-bond acceptors (Lipinski definition) is 2. The number of anilines is 1. The summed E-state index contributed by atoms with van der Waals surface area (Å²) in [6, 6.07) is 8.97. The van der Waals surface area contributed by atoms with Gasteiger partial charge in [0.25, 0.3) is 0 Å². The summed E-state index contributed by atoms with van der Waals surface area (Å²) in [5.41, 5.74) is 9.03. The SMILES string of the molecule is CC(C)C[C@@H](N)CN1CCc2ccccc21. The number of hydrogen-bond donors (Lipinski definition) is 1. The Bertz CT molecular complexity index is 346. The highest BCUT2D eigenvalue weighted by atomic mass is 15.2. The second kappa shape index (κ2) is 4.88. The molecule has 0 radical (unpaired) electrons. The molecule has 1 atom stereocenters. The Labute approximate surface area is 98.4 Å². The Morgan fingerprint density at radius 1 is 1.31 bits per heavy atom. The van der Waals surface area contributed by atoms with E-state index in [-0.39, 0.29) is 0 Å². The van der Waals surface area contributed by atoms with Crippen LogP contribution in [0.25, 0.3) is 0 Å². The first-order valence-corrected chi connectivity index (χ1v) is 6.25. The van der Waals surface area contributed by atoms with Gasteiger partial charge in [0.05, 0.1) is 0 Å². The summed E-state index contributed by atoms with van der Waals surface area (Å²) in [6.45, 7) is 6.59. The van der Waals surface area contributed by atoms with Crippen LogP contribution in [0, 0.1) is 5.92 Å². The first-order valence-electron chi connectivity index (χ1n) is 6.25. The fourth-order valence-electron chi connectivity index (χ4n) is 2.56.